The summed E-state index contributed by atoms with van der Waals surface area (Å²) in [6, 6.07) is 4.94. The van der Waals surface area contributed by atoms with Crippen molar-refractivity contribution in [2.24, 2.45) is 5.92 Å². The van der Waals surface area contributed by atoms with Gasteiger partial charge in [-0.15, -0.1) is 0 Å². The summed E-state index contributed by atoms with van der Waals surface area (Å²) in [5, 5.41) is 9.88. The van der Waals surface area contributed by atoms with Gasteiger partial charge in [-0.2, -0.15) is 0 Å². The van der Waals surface area contributed by atoms with Crippen molar-refractivity contribution in [2.45, 2.75) is 18.9 Å². The quantitative estimate of drug-likeness (QED) is 0.866. The molecule has 1 heterocycles. The van der Waals surface area contributed by atoms with E-state index in [1.165, 1.54) is 6.07 Å². The second kappa shape index (κ2) is 5.13. The Labute approximate surface area is 99.0 Å². The maximum Gasteiger partial charge on any atom is 0.144 e. The molecule has 0 aliphatic carbocycles. The summed E-state index contributed by atoms with van der Waals surface area (Å²) < 4.78 is 18.9. The smallest absolute Gasteiger partial charge is 0.144 e. The minimum absolute atomic E-state index is 0.0401. The van der Waals surface area contributed by atoms with Crippen molar-refractivity contribution in [1.29, 1.82) is 0 Å². The van der Waals surface area contributed by atoms with Crippen LogP contribution in [0, 0.1) is 11.7 Å². The molecule has 0 bridgehead atoms. The van der Waals surface area contributed by atoms with Gasteiger partial charge in [-0.1, -0.05) is 23.7 Å². The third kappa shape index (κ3) is 2.54. The number of aliphatic hydroxyl groups is 1. The molecule has 16 heavy (non-hydrogen) atoms. The van der Waals surface area contributed by atoms with Crippen LogP contribution in [0.15, 0.2) is 18.2 Å². The third-order valence-corrected chi connectivity index (χ3v) is 3.24. The van der Waals surface area contributed by atoms with Crippen LogP contribution in [-0.4, -0.2) is 24.4 Å². The zero-order valence-corrected chi connectivity index (χ0v) is 9.58. The summed E-state index contributed by atoms with van der Waals surface area (Å²) in [5.41, 5.74) is 0.544. The molecule has 1 fully saturated rings. The highest BCUT2D eigenvalue weighted by atomic mass is 35.5. The molecule has 2 unspecified atom stereocenters. The Balaban J connectivity index is 2.10. The Morgan fingerprint density at radius 1 is 1.50 bits per heavy atom. The van der Waals surface area contributed by atoms with Crippen molar-refractivity contribution in [2.75, 3.05) is 13.2 Å². The Morgan fingerprint density at radius 3 is 3.06 bits per heavy atom. The lowest BCUT2D eigenvalue weighted by molar-refractivity contribution is -0.0352. The van der Waals surface area contributed by atoms with Gasteiger partial charge in [-0.25, -0.2) is 4.39 Å². The van der Waals surface area contributed by atoms with Crippen LogP contribution in [-0.2, 0) is 11.2 Å². The molecule has 0 amide bonds. The molecule has 0 aromatic heterocycles. The van der Waals surface area contributed by atoms with Gasteiger partial charge < -0.3 is 9.84 Å². The maximum absolute atomic E-state index is 13.6. The summed E-state index contributed by atoms with van der Waals surface area (Å²) in [5.74, 6) is -0.427. The minimum Gasteiger partial charge on any atom is -0.393 e. The molecule has 2 atom stereocenters. The zero-order valence-electron chi connectivity index (χ0n) is 8.83. The molecule has 1 aromatic rings. The first-order chi connectivity index (χ1) is 7.68. The summed E-state index contributed by atoms with van der Waals surface area (Å²) >= 11 is 5.70. The molecular weight excluding hydrogens is 231 g/mol. The van der Waals surface area contributed by atoms with Gasteiger partial charge in [0.25, 0.3) is 0 Å². The summed E-state index contributed by atoms with van der Waals surface area (Å²) in [4.78, 5) is 0. The van der Waals surface area contributed by atoms with E-state index in [-0.39, 0.29) is 16.8 Å². The van der Waals surface area contributed by atoms with Crippen LogP contribution in [0.4, 0.5) is 4.39 Å². The van der Waals surface area contributed by atoms with E-state index in [2.05, 4.69) is 0 Å². The third-order valence-electron chi connectivity index (χ3n) is 2.95. The van der Waals surface area contributed by atoms with Crippen molar-refractivity contribution < 1.29 is 14.2 Å². The molecular formula is C12H14ClFO2. The lowest BCUT2D eigenvalue weighted by Gasteiger charge is -2.27. The number of rotatable bonds is 2. The standard InChI is InChI=1S/C12H14ClFO2/c13-10-3-1-2-8(12(10)14)6-9-7-16-5-4-11(9)15/h1-3,9,11,15H,4-7H2. The number of hydrogen-bond donors (Lipinski definition) is 1. The molecule has 0 saturated carbocycles. The first-order valence-corrected chi connectivity index (χ1v) is 5.75. The van der Waals surface area contributed by atoms with Crippen molar-refractivity contribution in [3.63, 3.8) is 0 Å². The van der Waals surface area contributed by atoms with E-state index in [4.69, 9.17) is 16.3 Å². The summed E-state index contributed by atoms with van der Waals surface area (Å²) in [6.07, 6.45) is 0.674. The van der Waals surface area contributed by atoms with Crippen LogP contribution >= 0.6 is 11.6 Å². The van der Waals surface area contributed by atoms with Gasteiger partial charge in [-0.3, -0.25) is 0 Å². The topological polar surface area (TPSA) is 29.5 Å². The first-order valence-electron chi connectivity index (χ1n) is 5.37. The van der Waals surface area contributed by atoms with E-state index >= 15 is 0 Å². The lowest BCUT2D eigenvalue weighted by atomic mass is 9.91. The van der Waals surface area contributed by atoms with Gasteiger partial charge in [-0.05, 0) is 24.5 Å². The molecule has 1 aromatic carbocycles. The number of benzene rings is 1. The van der Waals surface area contributed by atoms with Gasteiger partial charge in [0.05, 0.1) is 17.7 Å². The van der Waals surface area contributed by atoms with E-state index in [0.717, 1.165) is 0 Å². The van der Waals surface area contributed by atoms with Gasteiger partial charge in [0.1, 0.15) is 5.82 Å². The molecule has 88 valence electrons. The number of aliphatic hydroxyl groups excluding tert-OH is 1. The van der Waals surface area contributed by atoms with E-state index in [1.807, 2.05) is 0 Å². The highest BCUT2D eigenvalue weighted by Crippen LogP contribution is 2.24. The molecule has 2 rings (SSSR count). The van der Waals surface area contributed by atoms with Crippen LogP contribution < -0.4 is 0 Å². The molecule has 1 N–H and O–H groups in total. The predicted octanol–water partition coefficient (Wildman–Crippen LogP) is 2.42. The van der Waals surface area contributed by atoms with E-state index in [1.54, 1.807) is 12.1 Å². The lowest BCUT2D eigenvalue weighted by Crippen LogP contribution is -2.33. The average molecular weight is 245 g/mol. The molecule has 1 saturated heterocycles. The van der Waals surface area contributed by atoms with Crippen molar-refractivity contribution in [1.82, 2.24) is 0 Å². The van der Waals surface area contributed by atoms with Crippen molar-refractivity contribution >= 4 is 11.6 Å². The Morgan fingerprint density at radius 2 is 2.31 bits per heavy atom. The van der Waals surface area contributed by atoms with Crippen molar-refractivity contribution in [3.05, 3.63) is 34.6 Å². The first kappa shape index (κ1) is 11.8. The van der Waals surface area contributed by atoms with Crippen LogP contribution in [0.3, 0.4) is 0 Å². The maximum atomic E-state index is 13.6. The highest BCUT2D eigenvalue weighted by Gasteiger charge is 2.25. The molecule has 4 heteroatoms. The van der Waals surface area contributed by atoms with Crippen LogP contribution in [0.5, 0.6) is 0 Å². The van der Waals surface area contributed by atoms with Crippen LogP contribution in [0.25, 0.3) is 0 Å². The Bertz CT molecular complexity index is 370. The second-order valence-electron chi connectivity index (χ2n) is 4.11. The Kier molecular flexibility index (Phi) is 3.79. The van der Waals surface area contributed by atoms with Gasteiger partial charge in [0.2, 0.25) is 0 Å². The summed E-state index contributed by atoms with van der Waals surface area (Å²) in [7, 11) is 0. The fraction of sp³-hybridized carbons (Fsp3) is 0.500. The molecule has 0 radical (unpaired) electrons. The Hall–Kier alpha value is -0.640. The number of ether oxygens (including phenoxy) is 1. The van der Waals surface area contributed by atoms with Crippen molar-refractivity contribution in [3.8, 4) is 0 Å². The monoisotopic (exact) mass is 244 g/mol. The van der Waals surface area contributed by atoms with E-state index < -0.39 is 6.10 Å². The molecule has 1 aliphatic rings. The fourth-order valence-electron chi connectivity index (χ4n) is 1.97. The van der Waals surface area contributed by atoms with E-state index in [9.17, 15) is 9.50 Å². The largest absolute Gasteiger partial charge is 0.393 e. The minimum atomic E-state index is -0.410. The van der Waals surface area contributed by atoms with Gasteiger partial charge >= 0.3 is 0 Å². The highest BCUT2D eigenvalue weighted by molar-refractivity contribution is 6.30. The average Bonchev–Trinajstić information content (AvgIpc) is 2.28. The normalized spacial score (nSPS) is 25.7. The summed E-state index contributed by atoms with van der Waals surface area (Å²) in [6.45, 7) is 1.06. The fourth-order valence-corrected chi connectivity index (χ4v) is 2.16. The van der Waals surface area contributed by atoms with Crippen LogP contribution in [0.1, 0.15) is 12.0 Å². The van der Waals surface area contributed by atoms with Crippen LogP contribution in [0.2, 0.25) is 5.02 Å². The molecule has 2 nitrogen and oxygen atoms in total. The second-order valence-corrected chi connectivity index (χ2v) is 4.52. The zero-order chi connectivity index (χ0) is 11.5. The predicted molar refractivity (Wildman–Crippen MR) is 60.0 cm³/mol. The van der Waals surface area contributed by atoms with Gasteiger partial charge in [0, 0.05) is 12.5 Å². The number of halogens is 2. The molecule has 0 spiro atoms. The van der Waals surface area contributed by atoms with E-state index in [0.29, 0.717) is 31.6 Å². The van der Waals surface area contributed by atoms with Gasteiger partial charge in [0.15, 0.2) is 0 Å². The number of hydrogen-bond acceptors (Lipinski definition) is 2. The molecule has 1 aliphatic heterocycles. The SMILES string of the molecule is OC1CCOCC1Cc1cccc(Cl)c1F.